The molecule has 0 amide bonds. The molecule has 0 fully saturated rings. The Hall–Kier alpha value is -2.35. The molecule has 0 bridgehead atoms. The quantitative estimate of drug-likeness (QED) is 0.566. The number of nitrogens with zero attached hydrogens (tertiary/aromatic N) is 1. The fourth-order valence-electron chi connectivity index (χ4n) is 2.90. The Morgan fingerprint density at radius 3 is 2.08 bits per heavy atom. The summed E-state index contributed by atoms with van der Waals surface area (Å²) in [5.74, 6) is 0.973. The van der Waals surface area contributed by atoms with Crippen molar-refractivity contribution in [2.45, 2.75) is 41.5 Å². The Bertz CT molecular complexity index is 842. The lowest BCUT2D eigenvalue weighted by atomic mass is 10.00. The molecule has 0 aliphatic heterocycles. The Morgan fingerprint density at radius 2 is 1.46 bits per heavy atom. The zero-order valence-corrected chi connectivity index (χ0v) is 15.8. The summed E-state index contributed by atoms with van der Waals surface area (Å²) in [4.78, 5) is 4.33. The maximum atomic E-state index is 5.33. The Labute approximate surface area is 145 Å². The van der Waals surface area contributed by atoms with E-state index in [4.69, 9.17) is 4.74 Å². The van der Waals surface area contributed by atoms with Crippen LogP contribution >= 0.6 is 0 Å². The van der Waals surface area contributed by atoms with Gasteiger partial charge in [0, 0.05) is 11.4 Å². The molecule has 3 rings (SSSR count). The number of fused-ring (bicyclic) bond motifs is 1. The van der Waals surface area contributed by atoms with Crippen LogP contribution in [0.1, 0.15) is 33.6 Å². The SMILES string of the molecule is COc1cc2ccccc2c(C)c1C.Cc1cc(C)c(C)c(C)n1. The van der Waals surface area contributed by atoms with Crippen LogP contribution in [0.3, 0.4) is 0 Å². The van der Waals surface area contributed by atoms with E-state index >= 15 is 0 Å². The highest BCUT2D eigenvalue weighted by Gasteiger charge is 2.05. The molecule has 0 saturated carbocycles. The van der Waals surface area contributed by atoms with Crippen LogP contribution < -0.4 is 4.74 Å². The third-order valence-corrected chi connectivity index (χ3v) is 4.71. The van der Waals surface area contributed by atoms with Crippen molar-refractivity contribution in [3.8, 4) is 5.75 Å². The molecule has 0 aliphatic rings. The van der Waals surface area contributed by atoms with Crippen molar-refractivity contribution in [2.75, 3.05) is 7.11 Å². The summed E-state index contributed by atoms with van der Waals surface area (Å²) in [5.41, 5.74) is 7.44. The van der Waals surface area contributed by atoms with Gasteiger partial charge in [0.05, 0.1) is 7.11 Å². The minimum Gasteiger partial charge on any atom is -0.496 e. The number of aryl methyl sites for hydroxylation is 4. The van der Waals surface area contributed by atoms with Gasteiger partial charge in [0.15, 0.2) is 0 Å². The molecular formula is C22H27NO. The van der Waals surface area contributed by atoms with E-state index in [9.17, 15) is 0 Å². The van der Waals surface area contributed by atoms with Crippen LogP contribution in [0, 0.1) is 41.5 Å². The van der Waals surface area contributed by atoms with E-state index in [1.165, 1.54) is 33.0 Å². The number of hydrogen-bond acceptors (Lipinski definition) is 2. The molecule has 24 heavy (non-hydrogen) atoms. The third-order valence-electron chi connectivity index (χ3n) is 4.71. The molecule has 0 atom stereocenters. The summed E-state index contributed by atoms with van der Waals surface area (Å²) in [6, 6.07) is 12.6. The largest absolute Gasteiger partial charge is 0.496 e. The number of methoxy groups -OCH3 is 1. The first-order valence-electron chi connectivity index (χ1n) is 8.29. The zero-order chi connectivity index (χ0) is 17.9. The summed E-state index contributed by atoms with van der Waals surface area (Å²) in [5, 5.41) is 2.55. The molecule has 0 spiro atoms. The van der Waals surface area contributed by atoms with Crippen molar-refractivity contribution < 1.29 is 4.74 Å². The van der Waals surface area contributed by atoms with Gasteiger partial charge in [-0.3, -0.25) is 4.98 Å². The van der Waals surface area contributed by atoms with Gasteiger partial charge in [0.2, 0.25) is 0 Å². The van der Waals surface area contributed by atoms with Crippen LogP contribution in [0.25, 0.3) is 10.8 Å². The summed E-state index contributed by atoms with van der Waals surface area (Å²) in [6.45, 7) is 12.5. The Morgan fingerprint density at radius 1 is 0.792 bits per heavy atom. The minimum absolute atomic E-state index is 0.973. The summed E-state index contributed by atoms with van der Waals surface area (Å²) in [6.07, 6.45) is 0. The first-order valence-corrected chi connectivity index (χ1v) is 8.29. The van der Waals surface area contributed by atoms with E-state index in [0.717, 1.165) is 17.1 Å². The van der Waals surface area contributed by atoms with Gasteiger partial charge < -0.3 is 4.74 Å². The van der Waals surface area contributed by atoms with E-state index in [0.29, 0.717) is 0 Å². The maximum absolute atomic E-state index is 5.33. The van der Waals surface area contributed by atoms with Crippen molar-refractivity contribution in [3.63, 3.8) is 0 Å². The highest BCUT2D eigenvalue weighted by molar-refractivity contribution is 5.88. The van der Waals surface area contributed by atoms with Gasteiger partial charge >= 0.3 is 0 Å². The molecule has 0 unspecified atom stereocenters. The van der Waals surface area contributed by atoms with E-state index in [1.807, 2.05) is 6.92 Å². The van der Waals surface area contributed by atoms with Gasteiger partial charge in [0.25, 0.3) is 0 Å². The molecule has 0 saturated heterocycles. The number of hydrogen-bond donors (Lipinski definition) is 0. The highest BCUT2D eigenvalue weighted by atomic mass is 16.5. The van der Waals surface area contributed by atoms with Crippen molar-refractivity contribution in [1.29, 1.82) is 0 Å². The zero-order valence-electron chi connectivity index (χ0n) is 15.8. The smallest absolute Gasteiger partial charge is 0.122 e. The van der Waals surface area contributed by atoms with Crippen molar-refractivity contribution >= 4 is 10.8 Å². The van der Waals surface area contributed by atoms with Crippen LogP contribution in [-0.4, -0.2) is 12.1 Å². The standard InChI is InChI=1S/C13H14O.C9H13N/c1-9-10(2)13(14-3)8-11-6-4-5-7-12(9)11;1-6-5-7(2)10-9(4)8(6)3/h4-8H,1-3H3;5H,1-4H3. The maximum Gasteiger partial charge on any atom is 0.122 e. The molecule has 0 aliphatic carbocycles. The van der Waals surface area contributed by atoms with Gasteiger partial charge in [0.1, 0.15) is 5.75 Å². The van der Waals surface area contributed by atoms with E-state index in [2.05, 4.69) is 76.0 Å². The van der Waals surface area contributed by atoms with Crippen LogP contribution in [0.2, 0.25) is 0 Å². The molecule has 2 aromatic carbocycles. The average molecular weight is 321 g/mol. The van der Waals surface area contributed by atoms with Gasteiger partial charge in [-0.05, 0) is 86.7 Å². The lowest BCUT2D eigenvalue weighted by Crippen LogP contribution is -1.92. The molecule has 3 aromatic rings. The number of aromatic nitrogens is 1. The van der Waals surface area contributed by atoms with Gasteiger partial charge in [-0.1, -0.05) is 24.3 Å². The van der Waals surface area contributed by atoms with Gasteiger partial charge in [-0.15, -0.1) is 0 Å². The second-order valence-electron chi connectivity index (χ2n) is 6.34. The average Bonchev–Trinajstić information content (AvgIpc) is 2.56. The number of ether oxygens (including phenoxy) is 1. The first-order chi connectivity index (χ1) is 11.3. The van der Waals surface area contributed by atoms with Crippen LogP contribution in [0.4, 0.5) is 0 Å². The molecule has 0 radical (unpaired) electrons. The molecule has 126 valence electrons. The van der Waals surface area contributed by atoms with Crippen molar-refractivity contribution in [3.05, 3.63) is 70.0 Å². The molecule has 0 N–H and O–H groups in total. The number of pyridine rings is 1. The predicted octanol–water partition coefficient (Wildman–Crippen LogP) is 5.78. The van der Waals surface area contributed by atoms with Crippen molar-refractivity contribution in [1.82, 2.24) is 4.98 Å². The molecule has 2 heteroatoms. The monoisotopic (exact) mass is 321 g/mol. The molecule has 1 heterocycles. The molecular weight excluding hydrogens is 294 g/mol. The van der Waals surface area contributed by atoms with Crippen molar-refractivity contribution in [2.24, 2.45) is 0 Å². The lowest BCUT2D eigenvalue weighted by Gasteiger charge is -2.10. The number of rotatable bonds is 1. The van der Waals surface area contributed by atoms with E-state index in [1.54, 1.807) is 7.11 Å². The Kier molecular flexibility index (Phi) is 5.61. The molecule has 1 aromatic heterocycles. The lowest BCUT2D eigenvalue weighted by molar-refractivity contribution is 0.412. The van der Waals surface area contributed by atoms with Crippen LogP contribution in [0.15, 0.2) is 36.4 Å². The van der Waals surface area contributed by atoms with E-state index in [-0.39, 0.29) is 0 Å². The van der Waals surface area contributed by atoms with E-state index < -0.39 is 0 Å². The normalized spacial score (nSPS) is 10.3. The fourth-order valence-corrected chi connectivity index (χ4v) is 2.90. The highest BCUT2D eigenvalue weighted by Crippen LogP contribution is 2.29. The second-order valence-corrected chi connectivity index (χ2v) is 6.34. The predicted molar refractivity (Wildman–Crippen MR) is 103 cm³/mol. The van der Waals surface area contributed by atoms with Gasteiger partial charge in [-0.25, -0.2) is 0 Å². The number of benzene rings is 2. The molecule has 2 nitrogen and oxygen atoms in total. The Balaban J connectivity index is 0.000000185. The van der Waals surface area contributed by atoms with Gasteiger partial charge in [-0.2, -0.15) is 0 Å². The fraction of sp³-hybridized carbons (Fsp3) is 0.318. The first kappa shape index (κ1) is 18.0. The summed E-state index contributed by atoms with van der Waals surface area (Å²) >= 11 is 0. The minimum atomic E-state index is 0.973. The van der Waals surface area contributed by atoms with Crippen LogP contribution in [-0.2, 0) is 0 Å². The second kappa shape index (κ2) is 7.48. The van der Waals surface area contributed by atoms with Crippen LogP contribution in [0.5, 0.6) is 5.75 Å². The third kappa shape index (κ3) is 3.76. The summed E-state index contributed by atoms with van der Waals surface area (Å²) < 4.78 is 5.33. The summed E-state index contributed by atoms with van der Waals surface area (Å²) in [7, 11) is 1.72. The topological polar surface area (TPSA) is 22.1 Å².